The number of carboxylic acids is 1. The first-order valence-corrected chi connectivity index (χ1v) is 8.92. The molecule has 1 aliphatic rings. The molecule has 0 radical (unpaired) electrons. The summed E-state index contributed by atoms with van der Waals surface area (Å²) in [5.74, 6) is -0.895. The normalized spacial score (nSPS) is 15.3. The van der Waals surface area contributed by atoms with E-state index in [0.717, 1.165) is 35.3 Å². The number of anilines is 1. The molecular formula is C22H25NO2. The molecule has 0 spiro atoms. The zero-order valence-corrected chi connectivity index (χ0v) is 15.0. The quantitative estimate of drug-likeness (QED) is 0.637. The largest absolute Gasteiger partial charge is 0.478 e. The Kier molecular flexibility index (Phi) is 5.22. The number of hydrogen-bond donors (Lipinski definition) is 1. The minimum atomic E-state index is -0.895. The maximum absolute atomic E-state index is 11.8. The smallest absolute Gasteiger partial charge is 0.336 e. The fourth-order valence-electron chi connectivity index (χ4n) is 3.38. The van der Waals surface area contributed by atoms with E-state index in [-0.39, 0.29) is 0 Å². The van der Waals surface area contributed by atoms with Gasteiger partial charge in [-0.05, 0) is 68.0 Å². The molecule has 0 amide bonds. The van der Waals surface area contributed by atoms with Gasteiger partial charge in [-0.15, -0.1) is 0 Å². The topological polar surface area (TPSA) is 40.5 Å². The molecule has 3 heteroatoms. The molecule has 0 atom stereocenters. The van der Waals surface area contributed by atoms with Gasteiger partial charge in [-0.25, -0.2) is 4.79 Å². The Hall–Kier alpha value is -2.55. The van der Waals surface area contributed by atoms with Gasteiger partial charge in [0.2, 0.25) is 0 Å². The lowest BCUT2D eigenvalue weighted by Crippen LogP contribution is -2.29. The molecule has 2 aromatic rings. The first-order chi connectivity index (χ1) is 12.0. The van der Waals surface area contributed by atoms with Gasteiger partial charge in [-0.3, -0.25) is 0 Å². The predicted molar refractivity (Wildman–Crippen MR) is 104 cm³/mol. The van der Waals surface area contributed by atoms with Crippen LogP contribution in [-0.2, 0) is 4.79 Å². The van der Waals surface area contributed by atoms with Crippen molar-refractivity contribution in [1.82, 2.24) is 0 Å². The van der Waals surface area contributed by atoms with E-state index < -0.39 is 5.97 Å². The van der Waals surface area contributed by atoms with E-state index in [1.807, 2.05) is 44.2 Å². The average molecular weight is 335 g/mol. The molecule has 0 aromatic heterocycles. The highest BCUT2D eigenvalue weighted by atomic mass is 16.4. The minimum Gasteiger partial charge on any atom is -0.478 e. The molecule has 3 nitrogen and oxygen atoms in total. The Morgan fingerprint density at radius 3 is 2.32 bits per heavy atom. The first-order valence-electron chi connectivity index (χ1n) is 8.92. The Labute approximate surface area is 149 Å². The highest BCUT2D eigenvalue weighted by molar-refractivity contribution is 6.21. The minimum absolute atomic E-state index is 0.340. The third-order valence-corrected chi connectivity index (χ3v) is 4.84. The molecular weight excluding hydrogens is 310 g/mol. The van der Waals surface area contributed by atoms with E-state index >= 15 is 0 Å². The number of piperidine rings is 1. The number of benzene rings is 2. The van der Waals surface area contributed by atoms with Crippen molar-refractivity contribution in [3.63, 3.8) is 0 Å². The van der Waals surface area contributed by atoms with Gasteiger partial charge in [0.05, 0.1) is 5.57 Å². The van der Waals surface area contributed by atoms with Gasteiger partial charge in [0, 0.05) is 18.8 Å². The van der Waals surface area contributed by atoms with Crippen LogP contribution in [0.3, 0.4) is 0 Å². The molecule has 1 fully saturated rings. The Morgan fingerprint density at radius 1 is 1.00 bits per heavy atom. The number of nitrogens with zero attached hydrogens (tertiary/aromatic N) is 1. The van der Waals surface area contributed by atoms with Crippen LogP contribution < -0.4 is 4.90 Å². The molecule has 1 N–H and O–H groups in total. The van der Waals surface area contributed by atoms with Crippen LogP contribution in [0.5, 0.6) is 0 Å². The highest BCUT2D eigenvalue weighted by Gasteiger charge is 2.14. The van der Waals surface area contributed by atoms with E-state index in [4.69, 9.17) is 0 Å². The number of aryl methyl sites for hydroxylation is 2. The highest BCUT2D eigenvalue weighted by Crippen LogP contribution is 2.25. The molecule has 3 rings (SSSR count). The van der Waals surface area contributed by atoms with E-state index in [1.54, 1.807) is 6.08 Å². The van der Waals surface area contributed by atoms with Crippen molar-refractivity contribution in [2.24, 2.45) is 0 Å². The zero-order valence-electron chi connectivity index (χ0n) is 15.0. The summed E-state index contributed by atoms with van der Waals surface area (Å²) in [5.41, 5.74) is 5.30. The molecule has 1 heterocycles. The van der Waals surface area contributed by atoms with Crippen molar-refractivity contribution in [2.75, 3.05) is 18.0 Å². The summed E-state index contributed by atoms with van der Waals surface area (Å²) in [6.07, 6.45) is 5.58. The molecule has 0 aliphatic carbocycles. The van der Waals surface area contributed by atoms with Crippen LogP contribution in [0.2, 0.25) is 0 Å². The van der Waals surface area contributed by atoms with E-state index in [0.29, 0.717) is 5.57 Å². The molecule has 130 valence electrons. The van der Waals surface area contributed by atoms with Crippen LogP contribution in [0.1, 0.15) is 41.5 Å². The summed E-state index contributed by atoms with van der Waals surface area (Å²) >= 11 is 0. The number of carbonyl (C=O) groups is 1. The van der Waals surface area contributed by atoms with Gasteiger partial charge < -0.3 is 10.0 Å². The van der Waals surface area contributed by atoms with Crippen molar-refractivity contribution >= 4 is 23.3 Å². The second kappa shape index (κ2) is 7.56. The number of rotatable bonds is 4. The number of aliphatic carboxylic acids is 1. The van der Waals surface area contributed by atoms with Crippen LogP contribution in [0, 0.1) is 13.8 Å². The van der Waals surface area contributed by atoms with Gasteiger partial charge in [0.1, 0.15) is 0 Å². The second-order valence-electron chi connectivity index (χ2n) is 6.82. The van der Waals surface area contributed by atoms with Crippen LogP contribution in [-0.4, -0.2) is 24.2 Å². The molecule has 0 unspecified atom stereocenters. The molecule has 25 heavy (non-hydrogen) atoms. The number of hydrogen-bond acceptors (Lipinski definition) is 2. The van der Waals surface area contributed by atoms with Crippen molar-refractivity contribution < 1.29 is 9.90 Å². The summed E-state index contributed by atoms with van der Waals surface area (Å²) in [6, 6.07) is 14.1. The summed E-state index contributed by atoms with van der Waals surface area (Å²) in [4.78, 5) is 14.2. The van der Waals surface area contributed by atoms with E-state index in [2.05, 4.69) is 17.0 Å². The summed E-state index contributed by atoms with van der Waals surface area (Å²) in [6.45, 7) is 6.15. The second-order valence-corrected chi connectivity index (χ2v) is 6.82. The van der Waals surface area contributed by atoms with Gasteiger partial charge >= 0.3 is 5.97 Å². The van der Waals surface area contributed by atoms with Crippen LogP contribution in [0.25, 0.3) is 11.6 Å². The fraction of sp³-hybridized carbons (Fsp3) is 0.318. The third-order valence-electron chi connectivity index (χ3n) is 4.84. The molecule has 2 aromatic carbocycles. The van der Waals surface area contributed by atoms with Crippen molar-refractivity contribution in [3.8, 4) is 0 Å². The van der Waals surface area contributed by atoms with E-state index in [1.165, 1.54) is 24.9 Å². The first kappa shape index (κ1) is 17.3. The van der Waals surface area contributed by atoms with Crippen LogP contribution >= 0.6 is 0 Å². The lowest BCUT2D eigenvalue weighted by molar-refractivity contribution is -0.130. The third kappa shape index (κ3) is 4.11. The van der Waals surface area contributed by atoms with Crippen molar-refractivity contribution in [2.45, 2.75) is 33.1 Å². The Morgan fingerprint density at radius 2 is 1.68 bits per heavy atom. The lowest BCUT2D eigenvalue weighted by Gasteiger charge is -2.28. The van der Waals surface area contributed by atoms with Gasteiger partial charge in [-0.1, -0.05) is 35.9 Å². The summed E-state index contributed by atoms with van der Waals surface area (Å²) < 4.78 is 0. The monoisotopic (exact) mass is 335 g/mol. The SMILES string of the molecule is Cc1ccc(C)c(/C(=C/c2ccc(N3CCCCC3)cc2)C(=O)O)c1. The Balaban J connectivity index is 1.90. The predicted octanol–water partition coefficient (Wildman–Crippen LogP) is 4.92. The van der Waals surface area contributed by atoms with Crippen molar-refractivity contribution in [1.29, 1.82) is 0 Å². The number of carboxylic acid groups (broad SMARTS) is 1. The van der Waals surface area contributed by atoms with Gasteiger partial charge in [-0.2, -0.15) is 0 Å². The van der Waals surface area contributed by atoms with Crippen molar-refractivity contribution in [3.05, 3.63) is 64.7 Å². The molecule has 1 saturated heterocycles. The summed E-state index contributed by atoms with van der Waals surface area (Å²) in [7, 11) is 0. The fourth-order valence-corrected chi connectivity index (χ4v) is 3.38. The maximum Gasteiger partial charge on any atom is 0.336 e. The standard InChI is InChI=1S/C22H25NO2/c1-16-6-7-17(2)20(14-16)21(22(24)25)15-18-8-10-19(11-9-18)23-12-4-3-5-13-23/h6-11,14-15H,3-5,12-13H2,1-2H3,(H,24,25)/b21-15-. The maximum atomic E-state index is 11.8. The molecule has 1 aliphatic heterocycles. The van der Waals surface area contributed by atoms with Gasteiger partial charge in [0.25, 0.3) is 0 Å². The average Bonchev–Trinajstić information content (AvgIpc) is 2.63. The summed E-state index contributed by atoms with van der Waals surface area (Å²) in [5, 5.41) is 9.69. The van der Waals surface area contributed by atoms with Crippen LogP contribution in [0.15, 0.2) is 42.5 Å². The van der Waals surface area contributed by atoms with E-state index in [9.17, 15) is 9.90 Å². The van der Waals surface area contributed by atoms with Crippen LogP contribution in [0.4, 0.5) is 5.69 Å². The molecule has 0 saturated carbocycles. The van der Waals surface area contributed by atoms with Gasteiger partial charge in [0.15, 0.2) is 0 Å². The lowest BCUT2D eigenvalue weighted by atomic mass is 9.96. The zero-order chi connectivity index (χ0) is 17.8. The molecule has 0 bridgehead atoms. The Bertz CT molecular complexity index is 784.